The van der Waals surface area contributed by atoms with E-state index in [1.807, 2.05) is 30.3 Å². The zero-order valence-electron chi connectivity index (χ0n) is 18.8. The molecule has 5 nitrogen and oxygen atoms in total. The Hall–Kier alpha value is -3.08. The first-order valence-corrected chi connectivity index (χ1v) is 11.6. The van der Waals surface area contributed by atoms with Crippen LogP contribution in [0.5, 0.6) is 5.75 Å². The molecule has 1 heterocycles. The van der Waals surface area contributed by atoms with Gasteiger partial charge in [-0.2, -0.15) is 0 Å². The number of nitrogens with one attached hydrogen (secondary N) is 1. The van der Waals surface area contributed by atoms with Crippen molar-refractivity contribution >= 4 is 11.8 Å². The van der Waals surface area contributed by atoms with Gasteiger partial charge in [0.15, 0.2) is 6.10 Å². The topological polar surface area (TPSA) is 58.6 Å². The zero-order chi connectivity index (χ0) is 22.5. The minimum Gasteiger partial charge on any atom is -0.481 e. The minimum absolute atomic E-state index is 0.135. The van der Waals surface area contributed by atoms with Crippen LogP contribution < -0.4 is 10.1 Å². The molecule has 1 fully saturated rings. The fourth-order valence-corrected chi connectivity index (χ4v) is 4.88. The molecule has 2 unspecified atom stereocenters. The SMILES string of the molecule is C=CCNC(=O)C(C)Oc1ccc2c(c1)C(c1ccccc1)N(C(=O)C1CCCC1)CC2. The fourth-order valence-electron chi connectivity index (χ4n) is 4.88. The van der Waals surface area contributed by atoms with E-state index in [1.165, 1.54) is 5.56 Å². The Morgan fingerprint density at radius 3 is 2.66 bits per heavy atom. The molecule has 32 heavy (non-hydrogen) atoms. The van der Waals surface area contributed by atoms with Gasteiger partial charge in [0.25, 0.3) is 5.91 Å². The molecule has 0 aromatic heterocycles. The molecule has 4 rings (SSSR count). The first-order valence-electron chi connectivity index (χ1n) is 11.6. The minimum atomic E-state index is -0.622. The normalized spacial score (nSPS) is 19.2. The summed E-state index contributed by atoms with van der Waals surface area (Å²) in [7, 11) is 0. The van der Waals surface area contributed by atoms with Crippen molar-refractivity contribution in [2.24, 2.45) is 5.92 Å². The highest BCUT2D eigenvalue weighted by molar-refractivity contribution is 5.81. The molecule has 0 bridgehead atoms. The Morgan fingerprint density at radius 1 is 1.19 bits per heavy atom. The lowest BCUT2D eigenvalue weighted by Gasteiger charge is -2.39. The number of hydrogen-bond acceptors (Lipinski definition) is 3. The molecular weight excluding hydrogens is 400 g/mol. The quantitative estimate of drug-likeness (QED) is 0.659. The summed E-state index contributed by atoms with van der Waals surface area (Å²) in [6.45, 7) is 6.49. The van der Waals surface area contributed by atoms with Gasteiger partial charge in [0.2, 0.25) is 5.91 Å². The second-order valence-corrected chi connectivity index (χ2v) is 8.73. The van der Waals surface area contributed by atoms with Crippen molar-refractivity contribution in [2.45, 2.75) is 51.2 Å². The first kappa shape index (κ1) is 22.1. The summed E-state index contributed by atoms with van der Waals surface area (Å²) >= 11 is 0. The highest BCUT2D eigenvalue weighted by Crippen LogP contribution is 2.39. The van der Waals surface area contributed by atoms with Crippen LogP contribution in [0.4, 0.5) is 0 Å². The van der Waals surface area contributed by atoms with Crippen molar-refractivity contribution in [3.63, 3.8) is 0 Å². The second-order valence-electron chi connectivity index (χ2n) is 8.73. The third kappa shape index (κ3) is 4.72. The summed E-state index contributed by atoms with van der Waals surface area (Å²) in [4.78, 5) is 27.8. The molecule has 2 aliphatic rings. The molecule has 0 saturated heterocycles. The van der Waals surface area contributed by atoms with Crippen molar-refractivity contribution in [1.82, 2.24) is 10.2 Å². The third-order valence-electron chi connectivity index (χ3n) is 6.55. The maximum atomic E-state index is 13.5. The Kier molecular flexibility index (Phi) is 6.93. The Bertz CT molecular complexity index is 966. The zero-order valence-corrected chi connectivity index (χ0v) is 18.8. The maximum Gasteiger partial charge on any atom is 0.261 e. The molecule has 2 amide bonds. The van der Waals surface area contributed by atoms with E-state index in [9.17, 15) is 9.59 Å². The maximum absolute atomic E-state index is 13.5. The monoisotopic (exact) mass is 432 g/mol. The fraction of sp³-hybridized carbons (Fsp3) is 0.407. The van der Waals surface area contributed by atoms with E-state index in [-0.39, 0.29) is 23.8 Å². The van der Waals surface area contributed by atoms with E-state index < -0.39 is 6.10 Å². The standard InChI is InChI=1S/C27H32N2O3/c1-3-16-28-26(30)19(2)32-23-14-13-20-15-17-29(27(31)22-11-7-8-12-22)25(24(20)18-23)21-9-5-4-6-10-21/h3-6,9-10,13-14,18-19,22,25H,1,7-8,11-12,15-17H2,2H3,(H,28,30). The van der Waals surface area contributed by atoms with Crippen molar-refractivity contribution in [1.29, 1.82) is 0 Å². The van der Waals surface area contributed by atoms with Crippen LogP contribution in [0.3, 0.4) is 0 Å². The van der Waals surface area contributed by atoms with Crippen LogP contribution in [0.15, 0.2) is 61.2 Å². The lowest BCUT2D eigenvalue weighted by molar-refractivity contribution is -0.137. The molecule has 1 saturated carbocycles. The van der Waals surface area contributed by atoms with Crippen molar-refractivity contribution in [2.75, 3.05) is 13.1 Å². The van der Waals surface area contributed by atoms with Gasteiger partial charge < -0.3 is 15.0 Å². The molecular formula is C27H32N2O3. The Morgan fingerprint density at radius 2 is 1.94 bits per heavy atom. The van der Waals surface area contributed by atoms with Gasteiger partial charge in [-0.15, -0.1) is 6.58 Å². The van der Waals surface area contributed by atoms with Crippen LogP contribution in [-0.4, -0.2) is 35.9 Å². The van der Waals surface area contributed by atoms with E-state index in [1.54, 1.807) is 13.0 Å². The average Bonchev–Trinajstić information content (AvgIpc) is 3.37. The van der Waals surface area contributed by atoms with Gasteiger partial charge in [0.1, 0.15) is 5.75 Å². The van der Waals surface area contributed by atoms with Gasteiger partial charge in [0, 0.05) is 19.0 Å². The summed E-state index contributed by atoms with van der Waals surface area (Å²) in [5.74, 6) is 0.864. The van der Waals surface area contributed by atoms with Gasteiger partial charge in [-0.05, 0) is 55.0 Å². The third-order valence-corrected chi connectivity index (χ3v) is 6.55. The number of carbonyl (C=O) groups excluding carboxylic acids is 2. The Balaban J connectivity index is 1.64. The highest BCUT2D eigenvalue weighted by Gasteiger charge is 2.36. The van der Waals surface area contributed by atoms with Gasteiger partial charge in [-0.3, -0.25) is 9.59 Å². The largest absolute Gasteiger partial charge is 0.481 e. The number of carbonyl (C=O) groups is 2. The second kappa shape index (κ2) is 10.0. The predicted octanol–water partition coefficient (Wildman–Crippen LogP) is 4.42. The number of fused-ring (bicyclic) bond motifs is 1. The molecule has 1 N–H and O–H groups in total. The number of benzene rings is 2. The number of rotatable bonds is 7. The van der Waals surface area contributed by atoms with Gasteiger partial charge in [0.05, 0.1) is 6.04 Å². The number of ether oxygens (including phenoxy) is 1. The van der Waals surface area contributed by atoms with E-state index in [4.69, 9.17) is 4.74 Å². The molecule has 5 heteroatoms. The molecule has 0 radical (unpaired) electrons. The van der Waals surface area contributed by atoms with Gasteiger partial charge in [-0.25, -0.2) is 0 Å². The molecule has 2 aromatic carbocycles. The van der Waals surface area contributed by atoms with Crippen LogP contribution in [0, 0.1) is 5.92 Å². The van der Waals surface area contributed by atoms with Gasteiger partial charge in [-0.1, -0.05) is 55.3 Å². The smallest absolute Gasteiger partial charge is 0.261 e. The summed E-state index contributed by atoms with van der Waals surface area (Å²) in [5, 5.41) is 2.77. The summed E-state index contributed by atoms with van der Waals surface area (Å²) in [6, 6.07) is 16.1. The summed E-state index contributed by atoms with van der Waals surface area (Å²) < 4.78 is 5.97. The molecule has 168 valence electrons. The van der Waals surface area contributed by atoms with Gasteiger partial charge >= 0.3 is 0 Å². The highest BCUT2D eigenvalue weighted by atomic mass is 16.5. The lowest BCUT2D eigenvalue weighted by Crippen LogP contribution is -2.43. The average molecular weight is 433 g/mol. The van der Waals surface area contributed by atoms with Crippen LogP contribution in [-0.2, 0) is 16.0 Å². The lowest BCUT2D eigenvalue weighted by atomic mass is 9.87. The predicted molar refractivity (Wildman–Crippen MR) is 125 cm³/mol. The molecule has 1 aliphatic heterocycles. The van der Waals surface area contributed by atoms with Crippen LogP contribution >= 0.6 is 0 Å². The van der Waals surface area contributed by atoms with E-state index >= 15 is 0 Å². The molecule has 1 aliphatic carbocycles. The van der Waals surface area contributed by atoms with E-state index in [0.717, 1.165) is 49.8 Å². The van der Waals surface area contributed by atoms with Crippen LogP contribution in [0.25, 0.3) is 0 Å². The number of hydrogen-bond donors (Lipinski definition) is 1. The summed E-state index contributed by atoms with van der Waals surface area (Å²) in [6.07, 6.45) is 6.11. The van der Waals surface area contributed by atoms with E-state index in [2.05, 4.69) is 35.0 Å². The molecule has 2 atom stereocenters. The van der Waals surface area contributed by atoms with Crippen LogP contribution in [0.1, 0.15) is 55.3 Å². The first-order chi connectivity index (χ1) is 15.6. The van der Waals surface area contributed by atoms with Crippen LogP contribution in [0.2, 0.25) is 0 Å². The number of nitrogens with zero attached hydrogens (tertiary/aromatic N) is 1. The van der Waals surface area contributed by atoms with E-state index in [0.29, 0.717) is 12.3 Å². The summed E-state index contributed by atoms with van der Waals surface area (Å²) in [5.41, 5.74) is 3.42. The van der Waals surface area contributed by atoms with Crippen molar-refractivity contribution < 1.29 is 14.3 Å². The Labute approximate surface area is 190 Å². The molecule has 2 aromatic rings. The van der Waals surface area contributed by atoms with Crippen molar-refractivity contribution in [3.05, 3.63) is 77.9 Å². The number of amides is 2. The van der Waals surface area contributed by atoms with Crippen molar-refractivity contribution in [3.8, 4) is 5.75 Å². The molecule has 0 spiro atoms.